The van der Waals surface area contributed by atoms with Gasteiger partial charge in [0.2, 0.25) is 0 Å². The van der Waals surface area contributed by atoms with Crippen LogP contribution in [0, 0.1) is 17.5 Å². The number of nitrogens with one attached hydrogen (secondary N) is 2. The number of hydrogen-bond donors (Lipinski definition) is 2. The first kappa shape index (κ1) is 15.6. The van der Waals surface area contributed by atoms with E-state index in [1.165, 1.54) is 18.2 Å². The monoisotopic (exact) mass is 345 g/mol. The molecule has 2 heterocycles. The van der Waals surface area contributed by atoms with Crippen LogP contribution in [0.15, 0.2) is 36.4 Å². The molecule has 2 amide bonds. The van der Waals surface area contributed by atoms with E-state index in [9.17, 15) is 18.0 Å². The van der Waals surface area contributed by atoms with Gasteiger partial charge in [0, 0.05) is 53.4 Å². The normalized spacial score (nSPS) is 13.8. The summed E-state index contributed by atoms with van der Waals surface area (Å²) >= 11 is 0. The Bertz CT molecular complexity index is 983. The quantitative estimate of drug-likeness (QED) is 0.683. The number of hydrogen-bond acceptors (Lipinski definition) is 1. The van der Waals surface area contributed by atoms with Gasteiger partial charge < -0.3 is 15.2 Å². The molecule has 1 aliphatic rings. The number of nitrogens with zero attached hydrogens (tertiary/aromatic N) is 1. The molecular weight excluding hydrogens is 331 g/mol. The first-order valence-corrected chi connectivity index (χ1v) is 7.81. The van der Waals surface area contributed by atoms with Crippen molar-refractivity contribution in [3.8, 4) is 0 Å². The number of amides is 2. The van der Waals surface area contributed by atoms with Gasteiger partial charge in [-0.05, 0) is 30.3 Å². The van der Waals surface area contributed by atoms with Gasteiger partial charge in [0.05, 0.1) is 0 Å². The second-order valence-electron chi connectivity index (χ2n) is 6.00. The fraction of sp³-hybridized carbons (Fsp3) is 0.167. The summed E-state index contributed by atoms with van der Waals surface area (Å²) in [5, 5.41) is 3.31. The lowest BCUT2D eigenvalue weighted by Gasteiger charge is -2.27. The molecular formula is C18H14F3N3O. The third-order valence-electron chi connectivity index (χ3n) is 4.40. The highest BCUT2D eigenvalue weighted by Crippen LogP contribution is 2.28. The zero-order valence-corrected chi connectivity index (χ0v) is 13.1. The fourth-order valence-corrected chi connectivity index (χ4v) is 3.14. The standard InChI is InChI=1S/C18H14F3N3O/c19-10-1-4-16-12(7-10)13-9-24(6-5-17(13)23-16)18(25)22-11-2-3-14(20)15(21)8-11/h1-4,7-8,23H,5-6,9H2,(H,22,25). The molecule has 0 atom stereocenters. The molecule has 1 aromatic heterocycles. The van der Waals surface area contributed by atoms with Crippen LogP contribution in [-0.2, 0) is 13.0 Å². The molecule has 0 saturated heterocycles. The number of halogens is 3. The Kier molecular flexibility index (Phi) is 3.63. The highest BCUT2D eigenvalue weighted by molar-refractivity contribution is 5.91. The highest BCUT2D eigenvalue weighted by atomic mass is 19.2. The minimum atomic E-state index is -1.02. The minimum absolute atomic E-state index is 0.180. The Morgan fingerprint density at radius 2 is 1.92 bits per heavy atom. The second kappa shape index (κ2) is 5.84. The van der Waals surface area contributed by atoms with Gasteiger partial charge in [-0.1, -0.05) is 0 Å². The van der Waals surface area contributed by atoms with E-state index in [-0.39, 0.29) is 11.5 Å². The predicted molar refractivity (Wildman–Crippen MR) is 87.7 cm³/mol. The highest BCUT2D eigenvalue weighted by Gasteiger charge is 2.24. The van der Waals surface area contributed by atoms with Crippen molar-refractivity contribution in [2.75, 3.05) is 11.9 Å². The Morgan fingerprint density at radius 3 is 2.72 bits per heavy atom. The molecule has 2 aromatic carbocycles. The largest absolute Gasteiger partial charge is 0.358 e. The maximum atomic E-state index is 13.5. The van der Waals surface area contributed by atoms with E-state index < -0.39 is 17.7 Å². The Morgan fingerprint density at radius 1 is 1.08 bits per heavy atom. The van der Waals surface area contributed by atoms with E-state index in [0.29, 0.717) is 19.5 Å². The molecule has 0 spiro atoms. The summed E-state index contributed by atoms with van der Waals surface area (Å²) in [6.07, 6.45) is 0.608. The van der Waals surface area contributed by atoms with Crippen molar-refractivity contribution in [3.63, 3.8) is 0 Å². The topological polar surface area (TPSA) is 48.1 Å². The molecule has 1 aliphatic heterocycles. The fourth-order valence-electron chi connectivity index (χ4n) is 3.14. The smallest absolute Gasteiger partial charge is 0.322 e. The van der Waals surface area contributed by atoms with Crippen LogP contribution in [0.2, 0.25) is 0 Å². The van der Waals surface area contributed by atoms with E-state index >= 15 is 0 Å². The molecule has 0 fully saturated rings. The number of carbonyl (C=O) groups excluding carboxylic acids is 1. The van der Waals surface area contributed by atoms with Gasteiger partial charge in [0.1, 0.15) is 5.82 Å². The lowest BCUT2D eigenvalue weighted by molar-refractivity contribution is 0.206. The average Bonchev–Trinajstić information content (AvgIpc) is 2.95. The van der Waals surface area contributed by atoms with Gasteiger partial charge in [-0.25, -0.2) is 18.0 Å². The molecule has 0 aliphatic carbocycles. The van der Waals surface area contributed by atoms with Crippen LogP contribution in [0.25, 0.3) is 10.9 Å². The molecule has 2 N–H and O–H groups in total. The molecule has 3 aromatic rings. The van der Waals surface area contributed by atoms with Gasteiger partial charge in [0.25, 0.3) is 0 Å². The number of fused-ring (bicyclic) bond motifs is 3. The zero-order chi connectivity index (χ0) is 17.6. The van der Waals surface area contributed by atoms with Crippen molar-refractivity contribution >= 4 is 22.6 Å². The molecule has 4 rings (SSSR count). The van der Waals surface area contributed by atoms with Crippen LogP contribution >= 0.6 is 0 Å². The van der Waals surface area contributed by atoms with Crippen molar-refractivity contribution in [1.29, 1.82) is 0 Å². The summed E-state index contributed by atoms with van der Waals surface area (Å²) in [5.74, 6) is -2.33. The van der Waals surface area contributed by atoms with Crippen LogP contribution < -0.4 is 5.32 Å². The molecule has 0 bridgehead atoms. The SMILES string of the molecule is O=C(Nc1ccc(F)c(F)c1)N1CCc2[nH]c3ccc(F)cc3c2C1. The molecule has 0 unspecified atom stereocenters. The van der Waals surface area contributed by atoms with Crippen LogP contribution in [-0.4, -0.2) is 22.5 Å². The van der Waals surface area contributed by atoms with Crippen molar-refractivity contribution in [3.05, 3.63) is 65.1 Å². The second-order valence-corrected chi connectivity index (χ2v) is 6.00. The maximum absolute atomic E-state index is 13.5. The summed E-state index contributed by atoms with van der Waals surface area (Å²) in [6.45, 7) is 0.784. The van der Waals surface area contributed by atoms with Crippen LogP contribution in [0.3, 0.4) is 0 Å². The van der Waals surface area contributed by atoms with Crippen molar-refractivity contribution in [1.82, 2.24) is 9.88 Å². The molecule has 4 nitrogen and oxygen atoms in total. The van der Waals surface area contributed by atoms with E-state index in [1.807, 2.05) is 0 Å². The van der Waals surface area contributed by atoms with Gasteiger partial charge in [-0.3, -0.25) is 0 Å². The summed E-state index contributed by atoms with van der Waals surface area (Å²) in [7, 11) is 0. The Hall–Kier alpha value is -2.96. The van der Waals surface area contributed by atoms with Gasteiger partial charge in [-0.15, -0.1) is 0 Å². The first-order chi connectivity index (χ1) is 12.0. The Labute approximate surface area is 141 Å². The molecule has 128 valence electrons. The van der Waals surface area contributed by atoms with Crippen molar-refractivity contribution in [2.45, 2.75) is 13.0 Å². The summed E-state index contributed by atoms with van der Waals surface area (Å²) in [6, 6.07) is 7.29. The minimum Gasteiger partial charge on any atom is -0.358 e. The van der Waals surface area contributed by atoms with Gasteiger partial charge in [-0.2, -0.15) is 0 Å². The number of aromatic amines is 1. The van der Waals surface area contributed by atoms with Crippen molar-refractivity contribution < 1.29 is 18.0 Å². The van der Waals surface area contributed by atoms with Crippen LogP contribution in [0.5, 0.6) is 0 Å². The maximum Gasteiger partial charge on any atom is 0.322 e. The van der Waals surface area contributed by atoms with E-state index in [4.69, 9.17) is 0 Å². The lowest BCUT2D eigenvalue weighted by Crippen LogP contribution is -2.38. The number of aromatic nitrogens is 1. The molecule has 7 heteroatoms. The number of carbonyl (C=O) groups is 1. The first-order valence-electron chi connectivity index (χ1n) is 7.81. The number of urea groups is 1. The van der Waals surface area contributed by atoms with Gasteiger partial charge >= 0.3 is 6.03 Å². The summed E-state index contributed by atoms with van der Waals surface area (Å²) < 4.78 is 39.8. The summed E-state index contributed by atoms with van der Waals surface area (Å²) in [5.41, 5.74) is 2.87. The zero-order valence-electron chi connectivity index (χ0n) is 13.1. The molecule has 25 heavy (non-hydrogen) atoms. The third-order valence-corrected chi connectivity index (χ3v) is 4.40. The van der Waals surface area contributed by atoms with Gasteiger partial charge in [0.15, 0.2) is 11.6 Å². The summed E-state index contributed by atoms with van der Waals surface area (Å²) in [4.78, 5) is 17.2. The molecule has 0 radical (unpaired) electrons. The van der Waals surface area contributed by atoms with E-state index in [2.05, 4.69) is 10.3 Å². The third kappa shape index (κ3) is 2.82. The van der Waals surface area contributed by atoms with E-state index in [0.717, 1.165) is 34.3 Å². The predicted octanol–water partition coefficient (Wildman–Crippen LogP) is 4.18. The Balaban J connectivity index is 1.57. The van der Waals surface area contributed by atoms with Crippen LogP contribution in [0.1, 0.15) is 11.3 Å². The van der Waals surface area contributed by atoms with Crippen molar-refractivity contribution in [2.24, 2.45) is 0 Å². The number of benzene rings is 2. The number of rotatable bonds is 1. The molecule has 0 saturated carbocycles. The lowest BCUT2D eigenvalue weighted by atomic mass is 10.0. The number of anilines is 1. The van der Waals surface area contributed by atoms with E-state index in [1.54, 1.807) is 11.0 Å². The van der Waals surface area contributed by atoms with Crippen LogP contribution in [0.4, 0.5) is 23.7 Å². The average molecular weight is 345 g/mol. The number of H-pyrrole nitrogens is 1.